The number of aryl methyl sites for hydroxylation is 1. The molecule has 0 saturated carbocycles. The highest BCUT2D eigenvalue weighted by atomic mass is 32.2. The van der Waals surface area contributed by atoms with Gasteiger partial charge in [0, 0.05) is 5.39 Å². The number of nitrogens with zero attached hydrogens (tertiary/aromatic N) is 2. The quantitative estimate of drug-likeness (QED) is 0.726. The fourth-order valence-corrected chi connectivity index (χ4v) is 3.24. The molecular weight excluding hydrogens is 333 g/mol. The molecule has 0 bridgehead atoms. The van der Waals surface area contributed by atoms with Crippen LogP contribution in [0.25, 0.3) is 10.9 Å². The summed E-state index contributed by atoms with van der Waals surface area (Å²) in [6.07, 6.45) is 1.44. The van der Waals surface area contributed by atoms with Gasteiger partial charge in [0.25, 0.3) is 15.9 Å². The van der Waals surface area contributed by atoms with Gasteiger partial charge in [-0.2, -0.15) is 0 Å². The van der Waals surface area contributed by atoms with Gasteiger partial charge in [-0.1, -0.05) is 22.9 Å². The third kappa shape index (κ3) is 3.09. The Morgan fingerprint density at radius 1 is 1.12 bits per heavy atom. The molecule has 0 spiro atoms. The van der Waals surface area contributed by atoms with Crippen molar-refractivity contribution in [2.24, 2.45) is 7.05 Å². The molecule has 1 amide bonds. The first-order valence-electron chi connectivity index (χ1n) is 6.95. The van der Waals surface area contributed by atoms with Gasteiger partial charge in [-0.15, -0.1) is 0 Å². The van der Waals surface area contributed by atoms with Gasteiger partial charge in [0.1, 0.15) is 16.9 Å². The minimum Gasteiger partial charge on any atom is -0.268 e. The van der Waals surface area contributed by atoms with Gasteiger partial charge in [-0.05, 0) is 35.4 Å². The van der Waals surface area contributed by atoms with E-state index in [-0.39, 0.29) is 10.5 Å². The molecule has 0 fully saturated rings. The highest BCUT2D eigenvalue weighted by molar-refractivity contribution is 7.90. The fraction of sp³-hybridized carbons (Fsp3) is 0.0625. The summed E-state index contributed by atoms with van der Waals surface area (Å²) < 4.78 is 40.9. The Morgan fingerprint density at radius 2 is 1.79 bits per heavy atom. The summed E-state index contributed by atoms with van der Waals surface area (Å²) in [7, 11) is -2.47. The van der Waals surface area contributed by atoms with Gasteiger partial charge in [0.05, 0.1) is 4.90 Å². The van der Waals surface area contributed by atoms with Crippen molar-refractivity contribution in [3.8, 4) is 0 Å². The number of hydrogen-bond donors (Lipinski definition) is 1. The molecule has 24 heavy (non-hydrogen) atoms. The zero-order valence-electron chi connectivity index (χ0n) is 12.6. The van der Waals surface area contributed by atoms with Crippen molar-refractivity contribution in [2.45, 2.75) is 4.90 Å². The van der Waals surface area contributed by atoms with Crippen LogP contribution in [0.4, 0.5) is 4.39 Å². The average molecular weight is 346 g/mol. The summed E-state index contributed by atoms with van der Waals surface area (Å²) in [6, 6.07) is 11.1. The minimum atomic E-state index is -4.10. The zero-order chi connectivity index (χ0) is 17.3. The number of carbonyl (C=O) groups is 1. The number of carbonyl (C=O) groups excluding carboxylic acids is 1. The zero-order valence-corrected chi connectivity index (χ0v) is 13.4. The largest absolute Gasteiger partial charge is 0.271 e. The standard InChI is InChI=1S/C16H12FN3O3S/c1-20-10-14(13-4-2-3-5-15(13)18-20)16(21)19-24(22,23)12-8-6-11(17)7-9-12/h2-10H,1H3/p+1. The molecular formula is C16H13FN3O3S+. The second-order valence-electron chi connectivity index (χ2n) is 5.12. The molecule has 6 nitrogen and oxygen atoms in total. The number of halogens is 1. The molecule has 0 aliphatic rings. The summed E-state index contributed by atoms with van der Waals surface area (Å²) in [5.74, 6) is -1.35. The number of rotatable bonds is 3. The molecule has 0 saturated heterocycles. The Bertz CT molecular complexity index is 1030. The Balaban J connectivity index is 2.00. The average Bonchev–Trinajstić information content (AvgIpc) is 2.54. The van der Waals surface area contributed by atoms with Crippen LogP contribution >= 0.6 is 0 Å². The summed E-state index contributed by atoms with van der Waals surface area (Å²) in [5, 5.41) is 4.76. The van der Waals surface area contributed by atoms with E-state index in [1.165, 1.54) is 10.9 Å². The van der Waals surface area contributed by atoms with Crippen molar-refractivity contribution < 1.29 is 22.3 Å². The summed E-state index contributed by atoms with van der Waals surface area (Å²) in [4.78, 5) is 12.3. The van der Waals surface area contributed by atoms with Gasteiger partial charge < -0.3 is 0 Å². The molecule has 2 aromatic carbocycles. The maximum atomic E-state index is 12.9. The molecule has 3 aromatic rings. The van der Waals surface area contributed by atoms with Gasteiger partial charge in [-0.25, -0.2) is 17.5 Å². The van der Waals surface area contributed by atoms with Crippen LogP contribution in [-0.2, 0) is 17.1 Å². The lowest BCUT2D eigenvalue weighted by Crippen LogP contribution is -2.37. The smallest absolute Gasteiger partial charge is 0.268 e. The highest BCUT2D eigenvalue weighted by Crippen LogP contribution is 2.16. The van der Waals surface area contributed by atoms with Crippen LogP contribution in [0.5, 0.6) is 0 Å². The topological polar surface area (TPSA) is 80.0 Å². The van der Waals surface area contributed by atoms with Crippen molar-refractivity contribution in [2.75, 3.05) is 0 Å². The first kappa shape index (κ1) is 16.0. The third-order valence-electron chi connectivity index (χ3n) is 3.37. The van der Waals surface area contributed by atoms with E-state index in [4.69, 9.17) is 0 Å². The second-order valence-corrected chi connectivity index (χ2v) is 6.80. The lowest BCUT2D eigenvalue weighted by atomic mass is 10.1. The summed E-state index contributed by atoms with van der Waals surface area (Å²) >= 11 is 0. The molecule has 0 unspecified atom stereocenters. The van der Waals surface area contributed by atoms with Crippen LogP contribution < -0.4 is 9.40 Å². The Kier molecular flexibility index (Phi) is 3.98. The number of fused-ring (bicyclic) bond motifs is 1. The van der Waals surface area contributed by atoms with Gasteiger partial charge >= 0.3 is 0 Å². The first-order chi connectivity index (χ1) is 11.4. The van der Waals surface area contributed by atoms with Crippen LogP contribution in [0, 0.1) is 5.82 Å². The second kappa shape index (κ2) is 5.97. The first-order valence-corrected chi connectivity index (χ1v) is 8.43. The molecule has 8 heteroatoms. The number of aromatic nitrogens is 2. The molecule has 1 N–H and O–H groups in total. The SMILES string of the molecule is C[n+]1cc(C(=O)NS(=O)(=O)c2ccc(F)cc2)c2ccccc2n1. The van der Waals surface area contributed by atoms with E-state index in [1.54, 1.807) is 31.3 Å². The molecule has 3 rings (SSSR count). The maximum Gasteiger partial charge on any atom is 0.271 e. The number of amides is 1. The third-order valence-corrected chi connectivity index (χ3v) is 4.72. The number of benzene rings is 2. The summed E-state index contributed by atoms with van der Waals surface area (Å²) in [5.41, 5.74) is 0.737. The lowest BCUT2D eigenvalue weighted by molar-refractivity contribution is -0.728. The van der Waals surface area contributed by atoms with Crippen LogP contribution in [0.15, 0.2) is 59.6 Å². The van der Waals surface area contributed by atoms with Gasteiger partial charge in [0.15, 0.2) is 7.05 Å². The fourth-order valence-electron chi connectivity index (χ4n) is 2.27. The van der Waals surface area contributed by atoms with E-state index >= 15 is 0 Å². The van der Waals surface area contributed by atoms with Crippen molar-refractivity contribution in [3.63, 3.8) is 0 Å². The monoisotopic (exact) mass is 346 g/mol. The molecule has 1 aromatic heterocycles. The van der Waals surface area contributed by atoms with Crippen molar-refractivity contribution in [1.29, 1.82) is 0 Å². The lowest BCUT2D eigenvalue weighted by Gasteiger charge is -2.07. The van der Waals surface area contributed by atoms with Crippen LogP contribution in [0.2, 0.25) is 0 Å². The van der Waals surface area contributed by atoms with Crippen molar-refractivity contribution in [1.82, 2.24) is 9.82 Å². The van der Waals surface area contributed by atoms with Gasteiger partial charge in [0.2, 0.25) is 6.20 Å². The number of nitrogens with one attached hydrogen (secondary N) is 1. The van der Waals surface area contributed by atoms with E-state index in [2.05, 4.69) is 5.10 Å². The van der Waals surface area contributed by atoms with Crippen LogP contribution in [-0.4, -0.2) is 19.4 Å². The molecule has 122 valence electrons. The number of hydrogen-bond acceptors (Lipinski definition) is 4. The van der Waals surface area contributed by atoms with E-state index in [9.17, 15) is 17.6 Å². The number of sulfonamides is 1. The van der Waals surface area contributed by atoms with Crippen LogP contribution in [0.3, 0.4) is 0 Å². The Hall–Kier alpha value is -2.87. The Morgan fingerprint density at radius 3 is 2.50 bits per heavy atom. The Labute approximate surface area is 137 Å². The molecule has 0 aliphatic carbocycles. The normalized spacial score (nSPS) is 11.4. The molecule has 0 aliphatic heterocycles. The highest BCUT2D eigenvalue weighted by Gasteiger charge is 2.22. The van der Waals surface area contributed by atoms with Crippen molar-refractivity contribution >= 4 is 26.8 Å². The molecule has 0 atom stereocenters. The van der Waals surface area contributed by atoms with Crippen LogP contribution in [0.1, 0.15) is 10.4 Å². The summed E-state index contributed by atoms with van der Waals surface area (Å²) in [6.45, 7) is 0. The van der Waals surface area contributed by atoms with E-state index in [0.29, 0.717) is 10.9 Å². The van der Waals surface area contributed by atoms with Gasteiger partial charge in [-0.3, -0.25) is 4.79 Å². The van der Waals surface area contributed by atoms with E-state index in [0.717, 1.165) is 24.3 Å². The predicted octanol–water partition coefficient (Wildman–Crippen LogP) is 1.32. The molecule has 1 heterocycles. The predicted molar refractivity (Wildman–Crippen MR) is 84.0 cm³/mol. The minimum absolute atomic E-state index is 0.175. The van der Waals surface area contributed by atoms with E-state index in [1.807, 2.05) is 4.72 Å². The van der Waals surface area contributed by atoms with Crippen molar-refractivity contribution in [3.05, 3.63) is 66.1 Å². The molecule has 0 radical (unpaired) electrons. The van der Waals surface area contributed by atoms with E-state index < -0.39 is 21.7 Å². The maximum absolute atomic E-state index is 12.9.